The lowest BCUT2D eigenvalue weighted by Gasteiger charge is -2.28. The van der Waals surface area contributed by atoms with Gasteiger partial charge >= 0.3 is 0 Å². The van der Waals surface area contributed by atoms with Crippen molar-refractivity contribution in [3.8, 4) is 0 Å². The van der Waals surface area contributed by atoms with Gasteiger partial charge in [-0.25, -0.2) is 0 Å². The van der Waals surface area contributed by atoms with Gasteiger partial charge in [0, 0.05) is 16.7 Å². The first kappa shape index (κ1) is 36.8. The van der Waals surface area contributed by atoms with Crippen molar-refractivity contribution in [2.75, 3.05) is 0 Å². The molecular formula is C41H56S2. The largest absolute Gasteiger partial charge is 0.197 e. The number of hydrogen-bond acceptors (Lipinski definition) is 1. The highest BCUT2D eigenvalue weighted by Crippen LogP contribution is 2.40. The fraction of sp³-hybridized carbons (Fsp3) is 0.415. The van der Waals surface area contributed by atoms with Gasteiger partial charge in [-0.2, -0.15) is 13.5 Å². The monoisotopic (exact) mass is 612 g/mol. The number of fused-ring (bicyclic) bond motifs is 3. The van der Waals surface area contributed by atoms with Crippen LogP contribution in [0, 0.1) is 11.8 Å². The summed E-state index contributed by atoms with van der Waals surface area (Å²) in [5.41, 5.74) is 13.8. The van der Waals surface area contributed by atoms with E-state index >= 15 is 0 Å². The van der Waals surface area contributed by atoms with Crippen molar-refractivity contribution in [3.05, 3.63) is 128 Å². The molecule has 0 spiro atoms. The Kier molecular flexibility index (Phi) is 16.3. The van der Waals surface area contributed by atoms with Crippen LogP contribution in [0.4, 0.5) is 0 Å². The third-order valence-corrected chi connectivity index (χ3v) is 8.84. The van der Waals surface area contributed by atoms with Crippen molar-refractivity contribution in [1.82, 2.24) is 0 Å². The van der Waals surface area contributed by atoms with Crippen LogP contribution in [-0.2, 0) is 25.7 Å². The molecule has 0 amide bonds. The molecule has 2 heteroatoms. The van der Waals surface area contributed by atoms with Crippen LogP contribution < -0.4 is 0 Å². The van der Waals surface area contributed by atoms with Crippen LogP contribution in [0.2, 0.25) is 0 Å². The molecule has 0 bridgehead atoms. The van der Waals surface area contributed by atoms with Crippen molar-refractivity contribution >= 4 is 38.3 Å². The Morgan fingerprint density at radius 1 is 0.907 bits per heavy atom. The lowest BCUT2D eigenvalue weighted by molar-refractivity contribution is 0.720. The molecule has 4 aliphatic carbocycles. The summed E-state index contributed by atoms with van der Waals surface area (Å²) in [7, 11) is 0. The van der Waals surface area contributed by atoms with Crippen LogP contribution in [0.1, 0.15) is 108 Å². The summed E-state index contributed by atoms with van der Waals surface area (Å²) in [5.74, 6) is 1.04. The molecule has 232 valence electrons. The number of benzene rings is 1. The van der Waals surface area contributed by atoms with Crippen molar-refractivity contribution < 1.29 is 0 Å². The molecule has 0 radical (unpaired) electrons. The molecule has 43 heavy (non-hydrogen) atoms. The summed E-state index contributed by atoms with van der Waals surface area (Å²) >= 11 is 4.70. The number of hydrogen-bond donors (Lipinski definition) is 1. The Morgan fingerprint density at radius 3 is 2.37 bits per heavy atom. The molecule has 0 aliphatic heterocycles. The zero-order chi connectivity index (χ0) is 30.5. The van der Waals surface area contributed by atoms with E-state index in [1.807, 2.05) is 27.7 Å². The van der Waals surface area contributed by atoms with E-state index in [1.165, 1.54) is 66.4 Å². The first-order valence-corrected chi connectivity index (χ1v) is 17.1. The lowest BCUT2D eigenvalue weighted by Crippen LogP contribution is -2.15. The van der Waals surface area contributed by atoms with Crippen LogP contribution >= 0.6 is 26.1 Å². The molecule has 0 heterocycles. The first-order valence-electron chi connectivity index (χ1n) is 16.6. The molecule has 0 N–H and O–H groups in total. The maximum Gasteiger partial charge on any atom is 0.00891 e. The molecule has 2 atom stereocenters. The second kappa shape index (κ2) is 19.1. The van der Waals surface area contributed by atoms with Crippen molar-refractivity contribution in [3.63, 3.8) is 0 Å². The highest BCUT2D eigenvalue weighted by Gasteiger charge is 2.26. The summed E-state index contributed by atoms with van der Waals surface area (Å²) in [4.78, 5) is 0.974. The van der Waals surface area contributed by atoms with E-state index in [-0.39, 0.29) is 13.5 Å². The molecule has 5 rings (SSSR count). The van der Waals surface area contributed by atoms with E-state index in [9.17, 15) is 0 Å². The highest BCUT2D eigenvalue weighted by atomic mass is 32.1. The number of thiol groups is 1. The Balaban J connectivity index is 0.00000124. The molecule has 0 saturated carbocycles. The minimum Gasteiger partial charge on any atom is -0.197 e. The van der Waals surface area contributed by atoms with Gasteiger partial charge in [0.2, 0.25) is 0 Å². The van der Waals surface area contributed by atoms with Crippen molar-refractivity contribution in [1.29, 1.82) is 0 Å². The molecular weight excluding hydrogens is 557 g/mol. The Morgan fingerprint density at radius 2 is 1.63 bits per heavy atom. The normalized spacial score (nSPS) is 20.0. The van der Waals surface area contributed by atoms with Gasteiger partial charge in [0.1, 0.15) is 0 Å². The summed E-state index contributed by atoms with van der Waals surface area (Å²) < 4.78 is 0. The van der Waals surface area contributed by atoms with E-state index in [0.717, 1.165) is 17.7 Å². The summed E-state index contributed by atoms with van der Waals surface area (Å²) in [5, 5.41) is 0. The van der Waals surface area contributed by atoms with E-state index in [4.69, 9.17) is 12.6 Å². The average molecular weight is 613 g/mol. The second-order valence-electron chi connectivity index (χ2n) is 11.1. The molecule has 4 aliphatic rings. The third-order valence-electron chi connectivity index (χ3n) is 8.54. The SMILES string of the molecule is CC.CC.CCCc1c2c(c(CCC)c3c1C=CC(/C(C)=C/C=C/C(S)=C/C=C/C1=CC=CC4=CCCC41)C3)CC=C2.S. The summed E-state index contributed by atoms with van der Waals surface area (Å²) in [6.07, 6.45) is 41.1. The molecule has 1 aromatic rings. The van der Waals surface area contributed by atoms with Crippen molar-refractivity contribution in [2.45, 2.75) is 99.8 Å². The Hall–Kier alpha value is -2.42. The number of allylic oxidation sites excluding steroid dienone is 15. The minimum absolute atomic E-state index is 0. The Labute approximate surface area is 276 Å². The van der Waals surface area contributed by atoms with E-state index in [2.05, 4.69) is 106 Å². The van der Waals surface area contributed by atoms with Gasteiger partial charge in [-0.05, 0) is 102 Å². The van der Waals surface area contributed by atoms with Crippen molar-refractivity contribution in [2.24, 2.45) is 11.8 Å². The van der Waals surface area contributed by atoms with E-state index in [0.29, 0.717) is 11.8 Å². The van der Waals surface area contributed by atoms with E-state index < -0.39 is 0 Å². The maximum absolute atomic E-state index is 4.70. The van der Waals surface area contributed by atoms with Gasteiger partial charge < -0.3 is 0 Å². The standard InChI is InChI=1S/C37H42S.2C2H6.H2S/c1-4-11-32-34-21-10-22-35(34)33(12-5-2)37-25-29(23-24-36(32)37)26(3)13-6-18-30(38)19-8-16-27-14-7-15-28-17-9-20-31(27)28;2*1-2;/h6-8,10,13-19,21,23-24,29,31,38H,4-5,9,11-12,20,22,25H2,1-3H3;2*1-2H3;1H2/b16-8+,18-6+,26-13+,30-19-;;;. The zero-order valence-corrected chi connectivity index (χ0v) is 29.7. The minimum atomic E-state index is 0. The topological polar surface area (TPSA) is 0 Å². The molecule has 1 aromatic carbocycles. The van der Waals surface area contributed by atoms with Gasteiger partial charge in [-0.3, -0.25) is 0 Å². The first-order chi connectivity index (χ1) is 20.6. The summed E-state index contributed by atoms with van der Waals surface area (Å²) in [6, 6.07) is 0. The molecule has 0 nitrogen and oxygen atoms in total. The van der Waals surface area contributed by atoms with Crippen LogP contribution in [0.15, 0.2) is 94.5 Å². The van der Waals surface area contributed by atoms with Crippen LogP contribution in [0.5, 0.6) is 0 Å². The fourth-order valence-corrected chi connectivity index (χ4v) is 6.80. The second-order valence-corrected chi connectivity index (χ2v) is 11.6. The molecule has 0 saturated heterocycles. The predicted molar refractivity (Wildman–Crippen MR) is 204 cm³/mol. The van der Waals surface area contributed by atoms with Crippen LogP contribution in [0.3, 0.4) is 0 Å². The van der Waals surface area contributed by atoms with Gasteiger partial charge in [0.05, 0.1) is 0 Å². The number of rotatable bonds is 9. The molecule has 2 unspecified atom stereocenters. The molecule has 0 fully saturated rings. The van der Waals surface area contributed by atoms with E-state index in [1.54, 1.807) is 22.3 Å². The van der Waals surface area contributed by atoms with Gasteiger partial charge in [-0.1, -0.05) is 133 Å². The van der Waals surface area contributed by atoms with Gasteiger partial charge in [0.25, 0.3) is 0 Å². The Bertz CT molecular complexity index is 1350. The van der Waals surface area contributed by atoms with Crippen LogP contribution in [-0.4, -0.2) is 0 Å². The smallest absolute Gasteiger partial charge is 0.00891 e. The zero-order valence-electron chi connectivity index (χ0n) is 27.8. The van der Waals surface area contributed by atoms with Gasteiger partial charge in [0.15, 0.2) is 0 Å². The predicted octanol–water partition coefficient (Wildman–Crippen LogP) is 12.2. The third kappa shape index (κ3) is 9.05. The molecule has 0 aromatic heterocycles. The van der Waals surface area contributed by atoms with Gasteiger partial charge in [-0.15, -0.1) is 12.6 Å². The average Bonchev–Trinajstić information content (AvgIpc) is 3.71. The fourth-order valence-electron chi connectivity index (χ4n) is 6.63. The van der Waals surface area contributed by atoms with Crippen LogP contribution in [0.25, 0.3) is 12.2 Å². The highest BCUT2D eigenvalue weighted by molar-refractivity contribution is 7.84. The maximum atomic E-state index is 4.70. The lowest BCUT2D eigenvalue weighted by atomic mass is 9.76. The quantitative estimate of drug-likeness (QED) is 0.208. The summed E-state index contributed by atoms with van der Waals surface area (Å²) in [6.45, 7) is 14.9.